The number of alkyl halides is 3. The number of fused-ring (bicyclic) bond motifs is 2. The number of hydrogen-bond donors (Lipinski definition) is 2. The second kappa shape index (κ2) is 8.95. The van der Waals surface area contributed by atoms with E-state index in [2.05, 4.69) is 31.7 Å². The topological polar surface area (TPSA) is 113 Å². The van der Waals surface area contributed by atoms with Crippen molar-refractivity contribution in [3.63, 3.8) is 0 Å². The molecule has 0 atom stereocenters. The monoisotopic (exact) mass is 520 g/mol. The van der Waals surface area contributed by atoms with Crippen molar-refractivity contribution in [2.75, 3.05) is 11.9 Å². The van der Waals surface area contributed by atoms with Gasteiger partial charge in [-0.05, 0) is 67.6 Å². The zero-order chi connectivity index (χ0) is 26.5. The van der Waals surface area contributed by atoms with E-state index in [1.54, 1.807) is 6.07 Å². The molecule has 1 saturated carbocycles. The summed E-state index contributed by atoms with van der Waals surface area (Å²) < 4.78 is 42.4. The van der Waals surface area contributed by atoms with Gasteiger partial charge in [-0.15, -0.1) is 0 Å². The Morgan fingerprint density at radius 3 is 2.74 bits per heavy atom. The lowest BCUT2D eigenvalue weighted by atomic mass is 9.67. The highest BCUT2D eigenvalue weighted by Gasteiger charge is 2.41. The van der Waals surface area contributed by atoms with Crippen LogP contribution in [0.15, 0.2) is 47.5 Å². The molecule has 6 rings (SSSR count). The Morgan fingerprint density at radius 1 is 1.16 bits per heavy atom. The van der Waals surface area contributed by atoms with Gasteiger partial charge in [0.15, 0.2) is 5.65 Å². The van der Waals surface area contributed by atoms with E-state index in [4.69, 9.17) is 0 Å². The van der Waals surface area contributed by atoms with Gasteiger partial charge in [0.1, 0.15) is 11.9 Å². The van der Waals surface area contributed by atoms with Crippen molar-refractivity contribution in [2.45, 2.75) is 50.4 Å². The maximum Gasteiger partial charge on any atom is 0.408 e. The number of benzene rings is 1. The molecule has 0 saturated heterocycles. The first-order chi connectivity index (χ1) is 18.3. The highest BCUT2D eigenvalue weighted by atomic mass is 19.4. The van der Waals surface area contributed by atoms with Gasteiger partial charge in [-0.3, -0.25) is 9.78 Å². The fraction of sp³-hybridized carbons (Fsp3) is 0.346. The van der Waals surface area contributed by atoms with Crippen molar-refractivity contribution in [3.05, 3.63) is 69.9 Å². The van der Waals surface area contributed by atoms with E-state index in [-0.39, 0.29) is 22.7 Å². The highest BCUT2D eigenvalue weighted by Crippen LogP contribution is 2.42. The molecule has 0 spiro atoms. The van der Waals surface area contributed by atoms with Crippen molar-refractivity contribution < 1.29 is 13.2 Å². The average molecular weight is 521 g/mol. The number of rotatable bonds is 5. The van der Waals surface area contributed by atoms with Gasteiger partial charge in [0.05, 0.1) is 22.9 Å². The van der Waals surface area contributed by atoms with Crippen LogP contribution in [0.2, 0.25) is 0 Å². The zero-order valence-corrected chi connectivity index (χ0v) is 20.2. The van der Waals surface area contributed by atoms with Crippen LogP contribution in [-0.4, -0.2) is 37.0 Å². The fourth-order valence-corrected chi connectivity index (χ4v) is 5.12. The number of aromatic nitrogens is 5. The molecular weight excluding hydrogens is 497 g/mol. The second-order valence-electron chi connectivity index (χ2n) is 9.70. The second-order valence-corrected chi connectivity index (χ2v) is 9.70. The summed E-state index contributed by atoms with van der Waals surface area (Å²) in [5, 5.41) is 16.1. The van der Waals surface area contributed by atoms with Gasteiger partial charge in [-0.1, -0.05) is 6.07 Å². The summed E-state index contributed by atoms with van der Waals surface area (Å²) in [5.41, 5.74) is 2.24. The molecule has 0 bridgehead atoms. The first kappa shape index (κ1) is 24.1. The molecular formula is C26H23F3N8O. The van der Waals surface area contributed by atoms with Crippen LogP contribution in [0.5, 0.6) is 0 Å². The van der Waals surface area contributed by atoms with Gasteiger partial charge >= 0.3 is 6.18 Å². The minimum Gasteiger partial charge on any atom is -0.324 e. The summed E-state index contributed by atoms with van der Waals surface area (Å²) in [7, 11) is 0. The lowest BCUT2D eigenvalue weighted by Gasteiger charge is -2.34. The lowest BCUT2D eigenvalue weighted by molar-refractivity contribution is -0.144. The predicted octanol–water partition coefficient (Wildman–Crippen LogP) is 3.87. The molecule has 2 N–H and O–H groups in total. The van der Waals surface area contributed by atoms with E-state index in [9.17, 15) is 23.2 Å². The third-order valence-corrected chi connectivity index (χ3v) is 7.25. The summed E-state index contributed by atoms with van der Waals surface area (Å²) in [6.07, 6.45) is 1.01. The molecule has 1 fully saturated rings. The molecule has 38 heavy (non-hydrogen) atoms. The van der Waals surface area contributed by atoms with Crippen molar-refractivity contribution in [1.82, 2.24) is 29.6 Å². The van der Waals surface area contributed by atoms with Crippen molar-refractivity contribution in [2.24, 2.45) is 0 Å². The molecule has 0 unspecified atom stereocenters. The van der Waals surface area contributed by atoms with Crippen LogP contribution in [0.25, 0.3) is 16.7 Å². The van der Waals surface area contributed by atoms with Crippen LogP contribution in [0.4, 0.5) is 24.8 Å². The lowest BCUT2D eigenvalue weighted by Crippen LogP contribution is -2.34. The largest absolute Gasteiger partial charge is 0.408 e. The van der Waals surface area contributed by atoms with Gasteiger partial charge in [-0.2, -0.15) is 23.4 Å². The van der Waals surface area contributed by atoms with Crippen molar-refractivity contribution in [3.8, 4) is 11.8 Å². The maximum atomic E-state index is 13.6. The van der Waals surface area contributed by atoms with Crippen molar-refractivity contribution >= 4 is 22.7 Å². The molecule has 2 aliphatic rings. The Hall–Kier alpha value is -4.24. The number of pyridine rings is 1. The minimum atomic E-state index is -4.65. The van der Waals surface area contributed by atoms with Gasteiger partial charge in [0, 0.05) is 24.6 Å². The van der Waals surface area contributed by atoms with Crippen LogP contribution < -0.4 is 16.2 Å². The van der Waals surface area contributed by atoms with Crippen molar-refractivity contribution in [1.29, 1.82) is 5.26 Å². The number of halogens is 3. The molecule has 3 aromatic heterocycles. The van der Waals surface area contributed by atoms with Crippen LogP contribution in [0.1, 0.15) is 36.1 Å². The molecule has 4 aromatic rings. The number of nitrogens with zero attached hydrogens (tertiary/aromatic N) is 6. The number of nitrogens with one attached hydrogen (secondary N) is 2. The molecule has 194 valence electrons. The third kappa shape index (κ3) is 4.18. The summed E-state index contributed by atoms with van der Waals surface area (Å²) in [5.74, 6) is 0.145. The summed E-state index contributed by atoms with van der Waals surface area (Å²) >= 11 is 0. The molecule has 12 heteroatoms. The Bertz CT molecular complexity index is 1650. The van der Waals surface area contributed by atoms with E-state index in [1.165, 1.54) is 29.6 Å². The summed E-state index contributed by atoms with van der Waals surface area (Å²) in [4.78, 5) is 26.1. The summed E-state index contributed by atoms with van der Waals surface area (Å²) in [6, 6.07) is 11.3. The minimum absolute atomic E-state index is 0.0238. The number of nitriles is 1. The quantitative estimate of drug-likeness (QED) is 0.411. The van der Waals surface area contributed by atoms with Gasteiger partial charge in [-0.25, -0.2) is 14.3 Å². The van der Waals surface area contributed by atoms with E-state index < -0.39 is 23.7 Å². The van der Waals surface area contributed by atoms with Crippen LogP contribution in [0, 0.1) is 11.3 Å². The van der Waals surface area contributed by atoms with E-state index in [1.807, 2.05) is 18.2 Å². The number of hydrogen-bond acceptors (Lipinski definition) is 7. The van der Waals surface area contributed by atoms with E-state index in [0.29, 0.717) is 23.2 Å². The SMILES string of the molecule is N#CC1(c2cc(-n3c4nc(Nc5ccc6c(c5)CCNC6)ncc4c(=O)n3CC(F)(F)F)ccn2)CCC1. The smallest absolute Gasteiger partial charge is 0.324 e. The Labute approximate surface area is 214 Å². The first-order valence-corrected chi connectivity index (χ1v) is 12.3. The van der Waals surface area contributed by atoms with Gasteiger partial charge in [0.2, 0.25) is 5.95 Å². The number of anilines is 2. The van der Waals surface area contributed by atoms with Gasteiger partial charge < -0.3 is 10.6 Å². The van der Waals surface area contributed by atoms with E-state index in [0.717, 1.165) is 36.3 Å². The molecule has 1 aliphatic carbocycles. The predicted molar refractivity (Wildman–Crippen MR) is 133 cm³/mol. The van der Waals surface area contributed by atoms with Crippen LogP contribution >= 0.6 is 0 Å². The standard InChI is InChI=1S/C26H23F3N8O/c27-26(28,29)15-36-23(38)20-13-33-24(34-18-3-2-17-12-31-8-4-16(17)10-18)35-22(20)37(36)19-5-9-32-21(11-19)25(14-30)6-1-7-25/h2-3,5,9-11,13,31H,1,4,6-8,12,15H2,(H,33,34,35). The first-order valence-electron chi connectivity index (χ1n) is 12.3. The van der Waals surface area contributed by atoms with E-state index >= 15 is 0 Å². The molecule has 1 aliphatic heterocycles. The van der Waals surface area contributed by atoms with Crippen LogP contribution in [-0.2, 0) is 24.9 Å². The molecule has 1 aromatic carbocycles. The normalized spacial score (nSPS) is 16.5. The Morgan fingerprint density at radius 2 is 2.00 bits per heavy atom. The molecule has 9 nitrogen and oxygen atoms in total. The zero-order valence-electron chi connectivity index (χ0n) is 20.2. The maximum absolute atomic E-state index is 13.6. The highest BCUT2D eigenvalue weighted by molar-refractivity contribution is 5.77. The van der Waals surface area contributed by atoms with Gasteiger partial charge in [0.25, 0.3) is 5.56 Å². The average Bonchev–Trinajstić information content (AvgIpc) is 3.13. The molecule has 4 heterocycles. The Balaban J connectivity index is 1.47. The van der Waals surface area contributed by atoms with Crippen LogP contribution in [0.3, 0.4) is 0 Å². The summed E-state index contributed by atoms with van der Waals surface area (Å²) in [6.45, 7) is 0.155. The third-order valence-electron chi connectivity index (χ3n) is 7.25. The Kier molecular flexibility index (Phi) is 5.68. The fourth-order valence-electron chi connectivity index (χ4n) is 5.12. The molecule has 0 radical (unpaired) electrons. The molecule has 0 amide bonds.